The van der Waals surface area contributed by atoms with Crippen LogP contribution in [-0.2, 0) is 9.53 Å². The van der Waals surface area contributed by atoms with E-state index in [4.69, 9.17) is 0 Å². The highest BCUT2D eigenvalue weighted by Crippen LogP contribution is 2.59. The summed E-state index contributed by atoms with van der Waals surface area (Å²) in [5, 5.41) is 0. The first-order valence-corrected chi connectivity index (χ1v) is 6.18. The number of hydrogen-bond donors (Lipinski definition) is 2. The molecule has 1 fully saturated rings. The van der Waals surface area contributed by atoms with Crippen LogP contribution in [0.5, 0.6) is 0 Å². The number of nitrogens with one attached hydrogen (secondary N) is 2. The number of amides is 2. The lowest BCUT2D eigenvalue weighted by atomic mass is 10.1. The predicted molar refractivity (Wildman–Crippen MR) is 68.5 cm³/mol. The van der Waals surface area contributed by atoms with E-state index >= 15 is 0 Å². The first-order valence-electron chi connectivity index (χ1n) is 6.18. The van der Waals surface area contributed by atoms with Gasteiger partial charge in [-0.3, -0.25) is 10.2 Å². The van der Waals surface area contributed by atoms with Crippen molar-refractivity contribution in [2.24, 2.45) is 17.3 Å². The first kappa shape index (κ1) is 14.5. The molecule has 0 radical (unpaired) electrons. The summed E-state index contributed by atoms with van der Waals surface area (Å²) in [7, 11) is 0. The molecule has 0 spiro atoms. The number of hydrogen-bond acceptors (Lipinski definition) is 3. The summed E-state index contributed by atoms with van der Waals surface area (Å²) in [5.74, 6) is -0.0450. The number of carbonyl (C=O) groups excluding carboxylic acids is 2. The van der Waals surface area contributed by atoms with Crippen LogP contribution in [0.2, 0.25) is 0 Å². The second-order valence-corrected chi connectivity index (χ2v) is 5.40. The maximum absolute atomic E-state index is 11.9. The van der Waals surface area contributed by atoms with E-state index < -0.39 is 6.09 Å². The molecule has 1 saturated carbocycles. The monoisotopic (exact) mass is 254 g/mol. The van der Waals surface area contributed by atoms with Crippen molar-refractivity contribution in [2.45, 2.75) is 34.6 Å². The molecular formula is C13H22N2O3. The van der Waals surface area contributed by atoms with Crippen molar-refractivity contribution in [3.05, 3.63) is 11.6 Å². The molecule has 0 aromatic carbocycles. The Hall–Kier alpha value is -1.52. The van der Waals surface area contributed by atoms with Gasteiger partial charge in [-0.05, 0) is 32.1 Å². The second-order valence-electron chi connectivity index (χ2n) is 5.40. The van der Waals surface area contributed by atoms with Gasteiger partial charge >= 0.3 is 6.09 Å². The fourth-order valence-corrected chi connectivity index (χ4v) is 2.21. The highest BCUT2D eigenvalue weighted by Gasteiger charge is 2.60. The molecule has 1 aliphatic rings. The average molecular weight is 254 g/mol. The SMILES string of the molecule is CCOC(=O)NNC(=O)[C@H]1[C@@H](C=C(C)C)C1(C)C. The fraction of sp³-hybridized carbons (Fsp3) is 0.692. The van der Waals surface area contributed by atoms with Crippen LogP contribution < -0.4 is 10.9 Å². The Balaban J connectivity index is 2.49. The largest absolute Gasteiger partial charge is 0.449 e. The van der Waals surface area contributed by atoms with E-state index in [0.717, 1.165) is 0 Å². The van der Waals surface area contributed by atoms with Crippen molar-refractivity contribution < 1.29 is 14.3 Å². The Morgan fingerprint density at radius 3 is 2.39 bits per heavy atom. The standard InChI is InChI=1S/C13H22N2O3/c1-6-18-12(17)15-14-11(16)10-9(7-8(2)3)13(10,4)5/h7,9-10H,6H2,1-5H3,(H,14,16)(H,15,17)/t9-,10-/m1/s1. The molecular weight excluding hydrogens is 232 g/mol. The lowest BCUT2D eigenvalue weighted by molar-refractivity contribution is -0.124. The molecule has 2 N–H and O–H groups in total. The van der Waals surface area contributed by atoms with Gasteiger partial charge < -0.3 is 4.74 Å². The highest BCUT2D eigenvalue weighted by atomic mass is 16.5. The number of hydrazine groups is 1. The summed E-state index contributed by atoms with van der Waals surface area (Å²) in [6.07, 6.45) is 1.47. The first-order chi connectivity index (χ1) is 8.30. The van der Waals surface area contributed by atoms with E-state index in [2.05, 4.69) is 21.7 Å². The van der Waals surface area contributed by atoms with Gasteiger partial charge in [0, 0.05) is 0 Å². The van der Waals surface area contributed by atoms with Crippen molar-refractivity contribution >= 4 is 12.0 Å². The lowest BCUT2D eigenvalue weighted by Crippen LogP contribution is -2.43. The molecule has 1 aliphatic carbocycles. The predicted octanol–water partition coefficient (Wildman–Crippen LogP) is 2.00. The topological polar surface area (TPSA) is 67.4 Å². The van der Waals surface area contributed by atoms with Gasteiger partial charge in [0.2, 0.25) is 5.91 Å². The third kappa shape index (κ3) is 3.24. The molecule has 2 atom stereocenters. The minimum absolute atomic E-state index is 0.0578. The maximum atomic E-state index is 11.9. The minimum Gasteiger partial charge on any atom is -0.449 e. The van der Waals surface area contributed by atoms with Crippen LogP contribution in [-0.4, -0.2) is 18.6 Å². The summed E-state index contributed by atoms with van der Waals surface area (Å²) in [5.41, 5.74) is 5.77. The average Bonchev–Trinajstić information content (AvgIpc) is 2.76. The molecule has 0 saturated heterocycles. The van der Waals surface area contributed by atoms with Crippen molar-refractivity contribution in [2.75, 3.05) is 6.61 Å². The van der Waals surface area contributed by atoms with Crippen molar-refractivity contribution in [1.82, 2.24) is 10.9 Å². The molecule has 0 heterocycles. The number of carbonyl (C=O) groups is 2. The normalized spacial score (nSPS) is 23.8. The minimum atomic E-state index is -0.636. The lowest BCUT2D eigenvalue weighted by Gasteiger charge is -2.07. The van der Waals surface area contributed by atoms with Gasteiger partial charge in [0.25, 0.3) is 0 Å². The van der Waals surface area contributed by atoms with Crippen LogP contribution in [0.3, 0.4) is 0 Å². The van der Waals surface area contributed by atoms with Crippen LogP contribution >= 0.6 is 0 Å². The Kier molecular flexibility index (Phi) is 4.38. The smallest absolute Gasteiger partial charge is 0.426 e. The molecule has 5 heteroatoms. The third-order valence-electron chi connectivity index (χ3n) is 3.27. The zero-order chi connectivity index (χ0) is 13.9. The van der Waals surface area contributed by atoms with Crippen LogP contribution in [0.25, 0.3) is 0 Å². The molecule has 0 aromatic rings. The highest BCUT2D eigenvalue weighted by molar-refractivity contribution is 5.85. The fourth-order valence-electron chi connectivity index (χ4n) is 2.21. The van der Waals surface area contributed by atoms with E-state index in [1.54, 1.807) is 6.92 Å². The summed E-state index contributed by atoms with van der Waals surface area (Å²) >= 11 is 0. The van der Waals surface area contributed by atoms with Crippen LogP contribution in [0.15, 0.2) is 11.6 Å². The zero-order valence-corrected chi connectivity index (χ0v) is 11.7. The van der Waals surface area contributed by atoms with Crippen LogP contribution in [0.4, 0.5) is 4.79 Å². The van der Waals surface area contributed by atoms with Crippen molar-refractivity contribution in [3.8, 4) is 0 Å². The molecule has 1 rings (SSSR count). The van der Waals surface area contributed by atoms with Gasteiger partial charge in [-0.25, -0.2) is 10.2 Å². The van der Waals surface area contributed by atoms with E-state index in [9.17, 15) is 9.59 Å². The van der Waals surface area contributed by atoms with Gasteiger partial charge in [0.05, 0.1) is 12.5 Å². The quantitative estimate of drug-likeness (QED) is 0.598. The molecule has 5 nitrogen and oxygen atoms in total. The molecule has 18 heavy (non-hydrogen) atoms. The van der Waals surface area contributed by atoms with E-state index in [1.165, 1.54) is 5.57 Å². The Morgan fingerprint density at radius 1 is 1.28 bits per heavy atom. The summed E-state index contributed by atoms with van der Waals surface area (Å²) in [4.78, 5) is 23.0. The van der Waals surface area contributed by atoms with Gasteiger partial charge in [-0.2, -0.15) is 0 Å². The molecule has 0 bridgehead atoms. The van der Waals surface area contributed by atoms with Crippen molar-refractivity contribution in [1.29, 1.82) is 0 Å². The summed E-state index contributed by atoms with van der Waals surface area (Å²) in [6.45, 7) is 10.1. The summed E-state index contributed by atoms with van der Waals surface area (Å²) < 4.78 is 4.66. The Labute approximate surface area is 108 Å². The Bertz CT molecular complexity index is 370. The Morgan fingerprint density at radius 2 is 1.89 bits per heavy atom. The molecule has 2 amide bonds. The molecule has 102 valence electrons. The molecule has 0 aliphatic heterocycles. The molecule has 0 unspecified atom stereocenters. The molecule has 0 aromatic heterocycles. The van der Waals surface area contributed by atoms with E-state index in [-0.39, 0.29) is 29.8 Å². The summed E-state index contributed by atoms with van der Waals surface area (Å²) in [6, 6.07) is 0. The van der Waals surface area contributed by atoms with Gasteiger partial charge in [-0.1, -0.05) is 25.5 Å². The second kappa shape index (κ2) is 5.42. The number of rotatable bonds is 3. The zero-order valence-electron chi connectivity index (χ0n) is 11.7. The van der Waals surface area contributed by atoms with E-state index in [0.29, 0.717) is 0 Å². The van der Waals surface area contributed by atoms with E-state index in [1.807, 2.05) is 27.7 Å². The van der Waals surface area contributed by atoms with Gasteiger partial charge in [0.15, 0.2) is 0 Å². The number of ether oxygens (including phenoxy) is 1. The van der Waals surface area contributed by atoms with Gasteiger partial charge in [-0.15, -0.1) is 0 Å². The maximum Gasteiger partial charge on any atom is 0.426 e. The third-order valence-corrected chi connectivity index (χ3v) is 3.27. The van der Waals surface area contributed by atoms with Crippen LogP contribution in [0, 0.1) is 17.3 Å². The van der Waals surface area contributed by atoms with Crippen LogP contribution in [0.1, 0.15) is 34.6 Å². The number of allylic oxidation sites excluding steroid dienone is 2. The van der Waals surface area contributed by atoms with Gasteiger partial charge in [0.1, 0.15) is 0 Å². The van der Waals surface area contributed by atoms with Crippen molar-refractivity contribution in [3.63, 3.8) is 0 Å².